The zero-order chi connectivity index (χ0) is 16.8. The van der Waals surface area contributed by atoms with E-state index in [9.17, 15) is 4.79 Å². The second-order valence-electron chi connectivity index (χ2n) is 5.58. The van der Waals surface area contributed by atoms with E-state index in [1.165, 1.54) is 0 Å². The van der Waals surface area contributed by atoms with Crippen molar-refractivity contribution in [3.63, 3.8) is 0 Å². The molecule has 1 aliphatic heterocycles. The SMILES string of the molecule is COc1ncccc1CNC(=O)N[C@@H]1CCCOc2ccccc21. The van der Waals surface area contributed by atoms with Crippen LogP contribution in [0.5, 0.6) is 11.6 Å². The summed E-state index contributed by atoms with van der Waals surface area (Å²) in [6.45, 7) is 1.03. The summed E-state index contributed by atoms with van der Waals surface area (Å²) in [5.41, 5.74) is 1.85. The lowest BCUT2D eigenvalue weighted by molar-refractivity contribution is 0.235. The van der Waals surface area contributed by atoms with Crippen LogP contribution < -0.4 is 20.1 Å². The Morgan fingerprint density at radius 1 is 1.33 bits per heavy atom. The Hall–Kier alpha value is -2.76. The Labute approximate surface area is 141 Å². The standard InChI is InChI=1S/C18H21N3O3/c1-23-17-13(6-4-10-19-17)12-20-18(22)21-15-8-5-11-24-16-9-3-2-7-14(15)16/h2-4,6-7,9-10,15H,5,8,11-12H2,1H3,(H2,20,21,22)/t15-/m1/s1. The highest BCUT2D eigenvalue weighted by atomic mass is 16.5. The van der Waals surface area contributed by atoms with Crippen LogP contribution >= 0.6 is 0 Å². The summed E-state index contributed by atoms with van der Waals surface area (Å²) in [6, 6.07) is 11.2. The third kappa shape index (κ3) is 3.76. The maximum atomic E-state index is 12.3. The van der Waals surface area contributed by atoms with Crippen molar-refractivity contribution in [1.82, 2.24) is 15.6 Å². The number of rotatable bonds is 4. The maximum absolute atomic E-state index is 12.3. The van der Waals surface area contributed by atoms with Crippen molar-refractivity contribution in [3.8, 4) is 11.6 Å². The number of benzene rings is 1. The van der Waals surface area contributed by atoms with Crippen LogP contribution in [-0.4, -0.2) is 24.7 Å². The van der Waals surface area contributed by atoms with Crippen LogP contribution in [0.1, 0.15) is 30.0 Å². The van der Waals surface area contributed by atoms with Crippen molar-refractivity contribution in [3.05, 3.63) is 53.7 Å². The molecule has 2 aromatic rings. The second kappa shape index (κ2) is 7.68. The molecule has 0 bridgehead atoms. The third-order valence-electron chi connectivity index (χ3n) is 3.98. The van der Waals surface area contributed by atoms with E-state index in [1.807, 2.05) is 36.4 Å². The molecule has 2 heterocycles. The highest BCUT2D eigenvalue weighted by Crippen LogP contribution is 2.31. The molecule has 6 heteroatoms. The van der Waals surface area contributed by atoms with Gasteiger partial charge >= 0.3 is 6.03 Å². The molecule has 0 fully saturated rings. The molecule has 0 aliphatic carbocycles. The topological polar surface area (TPSA) is 72.5 Å². The number of aromatic nitrogens is 1. The summed E-state index contributed by atoms with van der Waals surface area (Å²) in [4.78, 5) is 16.4. The van der Waals surface area contributed by atoms with Gasteiger partial charge in [-0.1, -0.05) is 24.3 Å². The lowest BCUT2D eigenvalue weighted by Gasteiger charge is -2.19. The quantitative estimate of drug-likeness (QED) is 0.906. The van der Waals surface area contributed by atoms with Crippen LogP contribution in [-0.2, 0) is 6.54 Å². The molecule has 1 aliphatic rings. The molecule has 0 unspecified atom stereocenters. The zero-order valence-corrected chi connectivity index (χ0v) is 13.6. The molecule has 0 spiro atoms. The van der Waals surface area contributed by atoms with Crippen LogP contribution in [0.2, 0.25) is 0 Å². The van der Waals surface area contributed by atoms with Gasteiger partial charge in [0, 0.05) is 23.9 Å². The minimum atomic E-state index is -0.220. The van der Waals surface area contributed by atoms with Crippen molar-refractivity contribution in [2.75, 3.05) is 13.7 Å². The van der Waals surface area contributed by atoms with Crippen molar-refractivity contribution in [1.29, 1.82) is 0 Å². The van der Waals surface area contributed by atoms with Gasteiger partial charge in [-0.25, -0.2) is 9.78 Å². The average molecular weight is 327 g/mol. The van der Waals surface area contributed by atoms with Gasteiger partial charge in [-0.05, 0) is 25.0 Å². The number of para-hydroxylation sites is 1. The molecule has 0 saturated carbocycles. The largest absolute Gasteiger partial charge is 0.493 e. The number of nitrogens with zero attached hydrogens (tertiary/aromatic N) is 1. The van der Waals surface area contributed by atoms with Crippen LogP contribution in [0, 0.1) is 0 Å². The number of amides is 2. The number of carbonyl (C=O) groups is 1. The number of carbonyl (C=O) groups excluding carboxylic acids is 1. The predicted molar refractivity (Wildman–Crippen MR) is 90.1 cm³/mol. The summed E-state index contributed by atoms with van der Waals surface area (Å²) in [7, 11) is 1.56. The van der Waals surface area contributed by atoms with Crippen LogP contribution in [0.15, 0.2) is 42.6 Å². The van der Waals surface area contributed by atoms with Gasteiger partial charge in [0.2, 0.25) is 5.88 Å². The fourth-order valence-electron chi connectivity index (χ4n) is 2.80. The number of pyridine rings is 1. The van der Waals surface area contributed by atoms with Gasteiger partial charge in [0.05, 0.1) is 19.8 Å². The normalized spacial score (nSPS) is 16.3. The first-order chi connectivity index (χ1) is 11.8. The van der Waals surface area contributed by atoms with Gasteiger partial charge < -0.3 is 20.1 Å². The van der Waals surface area contributed by atoms with E-state index in [1.54, 1.807) is 13.3 Å². The Morgan fingerprint density at radius 3 is 3.08 bits per heavy atom. The van der Waals surface area contributed by atoms with E-state index in [2.05, 4.69) is 15.6 Å². The highest BCUT2D eigenvalue weighted by Gasteiger charge is 2.21. The minimum absolute atomic E-state index is 0.0560. The average Bonchev–Trinajstić information content (AvgIpc) is 2.83. The Kier molecular flexibility index (Phi) is 5.15. The van der Waals surface area contributed by atoms with E-state index < -0.39 is 0 Å². The molecule has 2 N–H and O–H groups in total. The lowest BCUT2D eigenvalue weighted by atomic mass is 10.0. The van der Waals surface area contributed by atoms with E-state index in [0.29, 0.717) is 19.0 Å². The van der Waals surface area contributed by atoms with E-state index in [4.69, 9.17) is 9.47 Å². The van der Waals surface area contributed by atoms with Gasteiger partial charge in [-0.2, -0.15) is 0 Å². The maximum Gasteiger partial charge on any atom is 0.315 e. The van der Waals surface area contributed by atoms with E-state index in [0.717, 1.165) is 29.7 Å². The molecule has 1 aromatic carbocycles. The van der Waals surface area contributed by atoms with Crippen molar-refractivity contribution >= 4 is 6.03 Å². The number of fused-ring (bicyclic) bond motifs is 1. The summed E-state index contributed by atoms with van der Waals surface area (Å²) in [5, 5.41) is 5.89. The number of hydrogen-bond donors (Lipinski definition) is 2. The summed E-state index contributed by atoms with van der Waals surface area (Å²) in [6.07, 6.45) is 3.40. The molecule has 24 heavy (non-hydrogen) atoms. The molecule has 1 aromatic heterocycles. The first-order valence-electron chi connectivity index (χ1n) is 8.02. The summed E-state index contributed by atoms with van der Waals surface area (Å²) >= 11 is 0. The number of methoxy groups -OCH3 is 1. The Bertz CT molecular complexity index is 705. The Morgan fingerprint density at radius 2 is 2.21 bits per heavy atom. The fraction of sp³-hybridized carbons (Fsp3) is 0.333. The number of ether oxygens (including phenoxy) is 2. The van der Waals surface area contributed by atoms with Crippen LogP contribution in [0.25, 0.3) is 0 Å². The zero-order valence-electron chi connectivity index (χ0n) is 13.6. The van der Waals surface area contributed by atoms with Crippen LogP contribution in [0.3, 0.4) is 0 Å². The van der Waals surface area contributed by atoms with E-state index in [-0.39, 0.29) is 12.1 Å². The Balaban J connectivity index is 1.63. The molecule has 3 rings (SSSR count). The highest BCUT2D eigenvalue weighted by molar-refractivity contribution is 5.74. The number of urea groups is 1. The van der Waals surface area contributed by atoms with Gasteiger partial charge in [0.15, 0.2) is 0 Å². The molecule has 0 saturated heterocycles. The van der Waals surface area contributed by atoms with Gasteiger partial charge in [-0.15, -0.1) is 0 Å². The van der Waals surface area contributed by atoms with Gasteiger partial charge in [0.25, 0.3) is 0 Å². The molecular weight excluding hydrogens is 306 g/mol. The van der Waals surface area contributed by atoms with Crippen molar-refractivity contribution < 1.29 is 14.3 Å². The third-order valence-corrected chi connectivity index (χ3v) is 3.98. The van der Waals surface area contributed by atoms with Gasteiger partial charge in [-0.3, -0.25) is 0 Å². The fourth-order valence-corrected chi connectivity index (χ4v) is 2.80. The molecule has 2 amide bonds. The summed E-state index contributed by atoms with van der Waals surface area (Å²) in [5.74, 6) is 1.36. The number of hydrogen-bond acceptors (Lipinski definition) is 4. The number of nitrogens with one attached hydrogen (secondary N) is 2. The summed E-state index contributed by atoms with van der Waals surface area (Å²) < 4.78 is 10.9. The molecule has 1 atom stereocenters. The van der Waals surface area contributed by atoms with E-state index >= 15 is 0 Å². The minimum Gasteiger partial charge on any atom is -0.493 e. The van der Waals surface area contributed by atoms with Crippen LogP contribution in [0.4, 0.5) is 4.79 Å². The second-order valence-corrected chi connectivity index (χ2v) is 5.58. The first-order valence-corrected chi connectivity index (χ1v) is 8.02. The monoisotopic (exact) mass is 327 g/mol. The van der Waals surface area contributed by atoms with Gasteiger partial charge in [0.1, 0.15) is 5.75 Å². The predicted octanol–water partition coefficient (Wildman–Crippen LogP) is 2.80. The molecular formula is C18H21N3O3. The molecule has 6 nitrogen and oxygen atoms in total. The lowest BCUT2D eigenvalue weighted by Crippen LogP contribution is -2.37. The first kappa shape index (κ1) is 16.1. The smallest absolute Gasteiger partial charge is 0.315 e. The van der Waals surface area contributed by atoms with Crippen molar-refractivity contribution in [2.45, 2.75) is 25.4 Å². The van der Waals surface area contributed by atoms with Crippen molar-refractivity contribution in [2.24, 2.45) is 0 Å². The molecule has 126 valence electrons. The molecule has 0 radical (unpaired) electrons.